The van der Waals surface area contributed by atoms with E-state index in [1.165, 1.54) is 23.0 Å². The third kappa shape index (κ3) is 3.35. The lowest BCUT2D eigenvalue weighted by Crippen LogP contribution is -2.29. The van der Waals surface area contributed by atoms with Gasteiger partial charge in [0.25, 0.3) is 11.7 Å². The number of benzene rings is 1. The van der Waals surface area contributed by atoms with E-state index in [-0.39, 0.29) is 23.5 Å². The summed E-state index contributed by atoms with van der Waals surface area (Å²) in [5.74, 6) is -0.369. The highest BCUT2D eigenvalue weighted by atomic mass is 19.1. The van der Waals surface area contributed by atoms with Crippen LogP contribution in [-0.4, -0.2) is 35.3 Å². The van der Waals surface area contributed by atoms with E-state index in [4.69, 9.17) is 0 Å². The largest absolute Gasteiger partial charge is 0.344 e. The van der Waals surface area contributed by atoms with Crippen LogP contribution in [0.15, 0.2) is 36.7 Å². The summed E-state index contributed by atoms with van der Waals surface area (Å²) in [4.78, 5) is 21.6. The Hall–Kier alpha value is -3.62. The molecule has 8 nitrogen and oxygen atoms in total. The van der Waals surface area contributed by atoms with E-state index in [0.717, 1.165) is 17.0 Å². The van der Waals surface area contributed by atoms with Crippen LogP contribution in [0.1, 0.15) is 40.4 Å². The van der Waals surface area contributed by atoms with Crippen LogP contribution in [0.4, 0.5) is 4.39 Å². The van der Waals surface area contributed by atoms with Gasteiger partial charge in [-0.2, -0.15) is 19.7 Å². The van der Waals surface area contributed by atoms with Crippen molar-refractivity contribution in [3.8, 4) is 11.3 Å². The number of halogens is 1. The molecule has 0 aliphatic rings. The van der Waals surface area contributed by atoms with E-state index in [9.17, 15) is 9.18 Å². The number of carbonyl (C=O) groups is 1. The lowest BCUT2D eigenvalue weighted by molar-refractivity contribution is 0.0932. The van der Waals surface area contributed by atoms with Crippen LogP contribution in [0.25, 0.3) is 17.0 Å². The third-order valence-corrected chi connectivity index (χ3v) is 4.97. The standard InChI is InChI=1S/C20H20FN7O/c1-11(18-12(2)26-27(4)13(18)3)24-19(29)17-9-16(14-5-7-15(21)8-6-14)25-20-22-10-23-28(17)20/h5-11H,1-4H3,(H,24,29)/t11-/m0/s1. The SMILES string of the molecule is Cc1nn(C)c(C)c1[C@H](C)NC(=O)c1cc(-c2ccc(F)cc2)nc2ncnn12. The molecule has 1 atom stereocenters. The second-order valence-corrected chi connectivity index (χ2v) is 6.91. The van der Waals surface area contributed by atoms with Crippen LogP contribution in [0.3, 0.4) is 0 Å². The number of carbonyl (C=O) groups excluding carboxylic acids is 1. The summed E-state index contributed by atoms with van der Waals surface area (Å²) in [5.41, 5.74) is 4.31. The molecule has 3 heterocycles. The molecule has 0 aliphatic carbocycles. The van der Waals surface area contributed by atoms with Crippen LogP contribution in [0.5, 0.6) is 0 Å². The van der Waals surface area contributed by atoms with Gasteiger partial charge in [-0.25, -0.2) is 9.37 Å². The van der Waals surface area contributed by atoms with E-state index in [1.807, 2.05) is 27.8 Å². The summed E-state index contributed by atoms with van der Waals surface area (Å²) < 4.78 is 16.4. The fraction of sp³-hybridized carbons (Fsp3) is 0.250. The van der Waals surface area contributed by atoms with Crippen LogP contribution >= 0.6 is 0 Å². The number of fused-ring (bicyclic) bond motifs is 1. The summed E-state index contributed by atoms with van der Waals surface area (Å²) >= 11 is 0. The zero-order valence-corrected chi connectivity index (χ0v) is 16.5. The highest BCUT2D eigenvalue weighted by Gasteiger charge is 2.21. The Morgan fingerprint density at radius 1 is 1.21 bits per heavy atom. The lowest BCUT2D eigenvalue weighted by atomic mass is 10.1. The second kappa shape index (κ2) is 7.08. The zero-order chi connectivity index (χ0) is 20.7. The maximum Gasteiger partial charge on any atom is 0.270 e. The molecule has 0 spiro atoms. The molecule has 3 aromatic heterocycles. The molecule has 29 heavy (non-hydrogen) atoms. The predicted molar refractivity (Wildman–Crippen MR) is 105 cm³/mol. The van der Waals surface area contributed by atoms with E-state index < -0.39 is 0 Å². The number of aryl methyl sites for hydroxylation is 2. The van der Waals surface area contributed by atoms with Gasteiger partial charge in [-0.3, -0.25) is 9.48 Å². The van der Waals surface area contributed by atoms with Crippen molar-refractivity contribution in [2.75, 3.05) is 0 Å². The molecule has 4 aromatic rings. The van der Waals surface area contributed by atoms with Gasteiger partial charge in [0.2, 0.25) is 0 Å². The van der Waals surface area contributed by atoms with Gasteiger partial charge >= 0.3 is 0 Å². The molecule has 0 unspecified atom stereocenters. The normalized spacial score (nSPS) is 12.3. The maximum absolute atomic E-state index is 13.3. The lowest BCUT2D eigenvalue weighted by Gasteiger charge is -2.15. The van der Waals surface area contributed by atoms with E-state index in [2.05, 4.69) is 25.5 Å². The fourth-order valence-electron chi connectivity index (χ4n) is 3.50. The van der Waals surface area contributed by atoms with Crippen LogP contribution in [-0.2, 0) is 7.05 Å². The molecule has 1 aromatic carbocycles. The highest BCUT2D eigenvalue weighted by molar-refractivity contribution is 5.94. The molecule has 1 amide bonds. The van der Waals surface area contributed by atoms with Crippen molar-refractivity contribution in [1.82, 2.24) is 34.7 Å². The first-order chi connectivity index (χ1) is 13.8. The molecule has 0 saturated carbocycles. The van der Waals surface area contributed by atoms with E-state index in [1.54, 1.807) is 22.9 Å². The topological polar surface area (TPSA) is 90.0 Å². The zero-order valence-electron chi connectivity index (χ0n) is 16.5. The minimum Gasteiger partial charge on any atom is -0.344 e. The first kappa shape index (κ1) is 18.7. The first-order valence-electron chi connectivity index (χ1n) is 9.13. The summed E-state index contributed by atoms with van der Waals surface area (Å²) in [6, 6.07) is 7.29. The summed E-state index contributed by atoms with van der Waals surface area (Å²) in [6.07, 6.45) is 1.34. The molecule has 0 fully saturated rings. The molecule has 0 aliphatic heterocycles. The molecule has 0 saturated heterocycles. The number of aromatic nitrogens is 6. The van der Waals surface area contributed by atoms with Crippen LogP contribution in [0, 0.1) is 19.7 Å². The second-order valence-electron chi connectivity index (χ2n) is 6.91. The Balaban J connectivity index is 1.71. The van der Waals surface area contributed by atoms with Crippen LogP contribution < -0.4 is 5.32 Å². The Morgan fingerprint density at radius 2 is 1.93 bits per heavy atom. The minimum atomic E-state index is -0.341. The van der Waals surface area contributed by atoms with Gasteiger partial charge in [0.15, 0.2) is 0 Å². The van der Waals surface area contributed by atoms with Gasteiger partial charge in [-0.15, -0.1) is 0 Å². The number of hydrogen-bond acceptors (Lipinski definition) is 5. The van der Waals surface area contributed by atoms with Crippen molar-refractivity contribution >= 4 is 11.7 Å². The van der Waals surface area contributed by atoms with Crippen molar-refractivity contribution in [3.05, 3.63) is 65.1 Å². The van der Waals surface area contributed by atoms with Crippen molar-refractivity contribution in [1.29, 1.82) is 0 Å². The fourth-order valence-corrected chi connectivity index (χ4v) is 3.50. The van der Waals surface area contributed by atoms with Gasteiger partial charge in [0.05, 0.1) is 17.4 Å². The Morgan fingerprint density at radius 3 is 2.59 bits per heavy atom. The molecule has 9 heteroatoms. The van der Waals surface area contributed by atoms with Gasteiger partial charge < -0.3 is 5.32 Å². The number of nitrogens with zero attached hydrogens (tertiary/aromatic N) is 6. The number of nitrogens with one attached hydrogen (secondary N) is 1. The molecule has 0 bridgehead atoms. The smallest absolute Gasteiger partial charge is 0.270 e. The molecule has 0 radical (unpaired) electrons. The van der Waals surface area contributed by atoms with Crippen LogP contribution in [0.2, 0.25) is 0 Å². The molecule has 1 N–H and O–H groups in total. The average molecular weight is 393 g/mol. The molecule has 4 rings (SSSR count). The van der Waals surface area contributed by atoms with Gasteiger partial charge in [0, 0.05) is 23.9 Å². The quantitative estimate of drug-likeness (QED) is 0.576. The molecule has 148 valence electrons. The summed E-state index contributed by atoms with van der Waals surface area (Å²) in [7, 11) is 1.87. The molecular formula is C20H20FN7O. The Labute approximate surface area is 166 Å². The molecular weight excluding hydrogens is 373 g/mol. The highest BCUT2D eigenvalue weighted by Crippen LogP contribution is 2.23. The number of rotatable bonds is 4. The van der Waals surface area contributed by atoms with E-state index >= 15 is 0 Å². The summed E-state index contributed by atoms with van der Waals surface area (Å²) in [5, 5.41) is 11.5. The minimum absolute atomic E-state index is 0.253. The van der Waals surface area contributed by atoms with Gasteiger partial charge in [-0.1, -0.05) is 0 Å². The number of amides is 1. The van der Waals surface area contributed by atoms with Crippen molar-refractivity contribution in [2.45, 2.75) is 26.8 Å². The van der Waals surface area contributed by atoms with Crippen molar-refractivity contribution in [3.63, 3.8) is 0 Å². The first-order valence-corrected chi connectivity index (χ1v) is 9.13. The average Bonchev–Trinajstić information content (AvgIpc) is 3.25. The van der Waals surface area contributed by atoms with Gasteiger partial charge in [-0.05, 0) is 51.1 Å². The Bertz CT molecular complexity index is 1210. The summed E-state index contributed by atoms with van der Waals surface area (Å²) in [6.45, 7) is 5.79. The number of hydrogen-bond donors (Lipinski definition) is 1. The van der Waals surface area contributed by atoms with Crippen molar-refractivity contribution < 1.29 is 9.18 Å². The maximum atomic E-state index is 13.3. The van der Waals surface area contributed by atoms with E-state index in [0.29, 0.717) is 17.0 Å². The van der Waals surface area contributed by atoms with Gasteiger partial charge in [0.1, 0.15) is 17.8 Å². The van der Waals surface area contributed by atoms with Crippen molar-refractivity contribution in [2.24, 2.45) is 7.05 Å². The third-order valence-electron chi connectivity index (χ3n) is 4.97. The monoisotopic (exact) mass is 393 g/mol. The Kier molecular flexibility index (Phi) is 4.57. The predicted octanol–water partition coefficient (Wildman–Crippen LogP) is 2.77.